The number of nitrogens with one attached hydrogen (secondary N) is 2. The predicted octanol–water partition coefficient (Wildman–Crippen LogP) is 5.37. The molecule has 2 heterocycles. The van der Waals surface area contributed by atoms with E-state index >= 15 is 0 Å². The Morgan fingerprint density at radius 1 is 1.16 bits per heavy atom. The van der Waals surface area contributed by atoms with Crippen LogP contribution >= 0.6 is 0 Å². The van der Waals surface area contributed by atoms with E-state index in [0.717, 1.165) is 36.0 Å². The molecule has 0 saturated heterocycles. The molecule has 0 atom stereocenters. The van der Waals surface area contributed by atoms with Crippen LogP contribution in [0.4, 0.5) is 33.2 Å². The second-order valence-corrected chi connectivity index (χ2v) is 8.50. The van der Waals surface area contributed by atoms with Crippen LogP contribution in [0.25, 0.3) is 0 Å². The Morgan fingerprint density at radius 2 is 1.91 bits per heavy atom. The molecule has 2 aromatic carbocycles. The van der Waals surface area contributed by atoms with Gasteiger partial charge in [0.15, 0.2) is 11.6 Å². The number of benzene rings is 2. The molecule has 0 unspecified atom stereocenters. The first-order chi connectivity index (χ1) is 15.5. The van der Waals surface area contributed by atoms with Gasteiger partial charge in [-0.15, -0.1) is 0 Å². The van der Waals surface area contributed by atoms with Crippen LogP contribution in [0.5, 0.6) is 0 Å². The summed E-state index contributed by atoms with van der Waals surface area (Å²) in [5, 5.41) is 6.14. The van der Waals surface area contributed by atoms with Crippen LogP contribution in [-0.2, 0) is 10.2 Å². The summed E-state index contributed by atoms with van der Waals surface area (Å²) in [4.78, 5) is 22.6. The van der Waals surface area contributed by atoms with Crippen molar-refractivity contribution in [2.24, 2.45) is 0 Å². The maximum Gasteiger partial charge on any atom is 0.250 e. The number of fused-ring (bicyclic) bond motifs is 2. The first kappa shape index (κ1) is 20.2. The van der Waals surface area contributed by atoms with Crippen molar-refractivity contribution in [1.82, 2.24) is 9.97 Å². The zero-order valence-electron chi connectivity index (χ0n) is 17.9. The highest BCUT2D eigenvalue weighted by Gasteiger charge is 2.48. The van der Waals surface area contributed by atoms with Gasteiger partial charge in [0, 0.05) is 29.0 Å². The molecule has 3 aromatic rings. The molecule has 32 heavy (non-hydrogen) atoms. The van der Waals surface area contributed by atoms with Crippen molar-refractivity contribution in [3.63, 3.8) is 0 Å². The summed E-state index contributed by atoms with van der Waals surface area (Å²) in [6.07, 6.45) is 5.79. The summed E-state index contributed by atoms with van der Waals surface area (Å²) in [5.74, 6) is -0.331. The van der Waals surface area contributed by atoms with Gasteiger partial charge < -0.3 is 15.5 Å². The lowest BCUT2D eigenvalue weighted by molar-refractivity contribution is -0.114. The number of hydrogen-bond donors (Lipinski definition) is 2. The summed E-state index contributed by atoms with van der Waals surface area (Å²) < 4.78 is 14.5. The molecule has 1 aromatic heterocycles. The lowest BCUT2D eigenvalue weighted by Gasteiger charge is -2.38. The molecule has 2 aliphatic rings. The van der Waals surface area contributed by atoms with E-state index in [0.29, 0.717) is 12.2 Å². The third kappa shape index (κ3) is 3.49. The number of rotatable bonds is 5. The number of hydrogen-bond acceptors (Lipinski definition) is 5. The minimum Gasteiger partial charge on any atom is -0.338 e. The number of nitrogens with zero attached hydrogens (tertiary/aromatic N) is 3. The molecule has 2 N–H and O–H groups in total. The van der Waals surface area contributed by atoms with Crippen LogP contribution in [0.1, 0.15) is 30.4 Å². The van der Waals surface area contributed by atoms with Gasteiger partial charge in [-0.25, -0.2) is 9.37 Å². The van der Waals surface area contributed by atoms with Crippen molar-refractivity contribution in [2.45, 2.75) is 31.6 Å². The topological polar surface area (TPSA) is 70.2 Å². The molecule has 0 radical (unpaired) electrons. The van der Waals surface area contributed by atoms with Gasteiger partial charge in [-0.2, -0.15) is 4.98 Å². The number of carbonyl (C=O) groups is 1. The third-order valence-electron chi connectivity index (χ3n) is 6.39. The van der Waals surface area contributed by atoms with Crippen molar-refractivity contribution >= 4 is 34.7 Å². The summed E-state index contributed by atoms with van der Waals surface area (Å²) in [6, 6.07) is 13.6. The van der Waals surface area contributed by atoms with Gasteiger partial charge in [-0.05, 0) is 55.7 Å². The van der Waals surface area contributed by atoms with Gasteiger partial charge in [0.25, 0.3) is 0 Å². The Balaban J connectivity index is 1.42. The Labute approximate surface area is 186 Å². The van der Waals surface area contributed by atoms with E-state index in [1.54, 1.807) is 4.90 Å². The van der Waals surface area contributed by atoms with Gasteiger partial charge in [0.05, 0.1) is 6.20 Å². The van der Waals surface area contributed by atoms with Crippen molar-refractivity contribution in [3.8, 4) is 0 Å². The molecule has 1 aliphatic heterocycles. The van der Waals surface area contributed by atoms with E-state index in [4.69, 9.17) is 0 Å². The molecule has 0 bridgehead atoms. The van der Waals surface area contributed by atoms with Crippen LogP contribution in [0.2, 0.25) is 0 Å². The normalized spacial score (nSPS) is 15.8. The Kier molecular flexibility index (Phi) is 4.89. The highest BCUT2D eigenvalue weighted by atomic mass is 19.1. The molecular weight excluding hydrogens is 405 g/mol. The summed E-state index contributed by atoms with van der Waals surface area (Å²) in [7, 11) is 0. The smallest absolute Gasteiger partial charge is 0.250 e. The maximum absolute atomic E-state index is 14.5. The maximum atomic E-state index is 14.5. The van der Waals surface area contributed by atoms with Crippen LogP contribution in [0, 0.1) is 12.7 Å². The quantitative estimate of drug-likeness (QED) is 0.534. The van der Waals surface area contributed by atoms with E-state index < -0.39 is 5.82 Å². The van der Waals surface area contributed by atoms with Crippen LogP contribution in [-0.4, -0.2) is 22.4 Å². The van der Waals surface area contributed by atoms with Crippen molar-refractivity contribution in [1.29, 1.82) is 0 Å². The molecule has 1 fully saturated rings. The monoisotopic (exact) mass is 429 g/mol. The Morgan fingerprint density at radius 3 is 2.59 bits per heavy atom. The molecule has 5 rings (SSSR count). The second-order valence-electron chi connectivity index (χ2n) is 8.50. The summed E-state index contributed by atoms with van der Waals surface area (Å²) >= 11 is 0. The molecule has 162 valence electrons. The first-order valence-corrected chi connectivity index (χ1v) is 10.7. The minimum atomic E-state index is -0.561. The van der Waals surface area contributed by atoms with E-state index in [1.807, 2.05) is 49.4 Å². The van der Waals surface area contributed by atoms with Crippen molar-refractivity contribution in [3.05, 3.63) is 78.3 Å². The van der Waals surface area contributed by atoms with E-state index in [-0.39, 0.29) is 23.1 Å². The number of halogens is 1. The average Bonchev–Trinajstić information content (AvgIpc) is 3.12. The molecule has 6 nitrogen and oxygen atoms in total. The molecule has 1 saturated carbocycles. The van der Waals surface area contributed by atoms with Crippen LogP contribution < -0.4 is 15.5 Å². The number of aryl methyl sites for hydroxylation is 1. The lowest BCUT2D eigenvalue weighted by atomic mass is 9.66. The number of amides is 1. The highest BCUT2D eigenvalue weighted by molar-refractivity contribution is 6.03. The average molecular weight is 429 g/mol. The summed E-state index contributed by atoms with van der Waals surface area (Å²) in [6.45, 7) is 6.32. The predicted molar refractivity (Wildman–Crippen MR) is 124 cm³/mol. The van der Waals surface area contributed by atoms with Crippen molar-refractivity contribution < 1.29 is 9.18 Å². The SMILES string of the molecule is C=CC(=O)N1CC2(CCC2)c2ccc(Nc3nc(Nc4ccc(C)cc4)ncc3F)cc21. The van der Waals surface area contributed by atoms with Gasteiger partial charge >= 0.3 is 0 Å². The molecule has 1 aliphatic carbocycles. The van der Waals surface area contributed by atoms with Gasteiger partial charge in [-0.1, -0.05) is 36.8 Å². The minimum absolute atomic E-state index is 0.0395. The Hall–Kier alpha value is -3.74. The lowest BCUT2D eigenvalue weighted by Crippen LogP contribution is -2.40. The van der Waals surface area contributed by atoms with Crippen LogP contribution in [0.3, 0.4) is 0 Å². The fourth-order valence-corrected chi connectivity index (χ4v) is 4.51. The molecular formula is C25H24FN5O. The first-order valence-electron chi connectivity index (χ1n) is 10.7. The van der Waals surface area contributed by atoms with Gasteiger partial charge in [-0.3, -0.25) is 4.79 Å². The fraction of sp³-hybridized carbons (Fsp3) is 0.240. The van der Waals surface area contributed by atoms with E-state index in [9.17, 15) is 9.18 Å². The molecule has 7 heteroatoms. The second kappa shape index (κ2) is 7.75. The standard InChI is InChI=1S/C25H24FN5O/c1-3-22(32)31-15-25(11-4-12-25)19-10-9-18(13-21(19)31)28-23-20(26)14-27-24(30-23)29-17-7-5-16(2)6-8-17/h3,5-10,13-14H,1,4,11-12,15H2,2H3,(H2,27,28,29,30). The fourth-order valence-electron chi connectivity index (χ4n) is 4.51. The van der Waals surface area contributed by atoms with E-state index in [1.165, 1.54) is 18.1 Å². The Bertz CT molecular complexity index is 1200. The summed E-state index contributed by atoms with van der Waals surface area (Å²) in [5.41, 5.74) is 4.68. The van der Waals surface area contributed by atoms with Gasteiger partial charge in [0.1, 0.15) is 0 Å². The molecule has 1 amide bonds. The zero-order valence-corrected chi connectivity index (χ0v) is 17.9. The number of aromatic nitrogens is 2. The highest BCUT2D eigenvalue weighted by Crippen LogP contribution is 2.53. The molecule has 1 spiro atoms. The number of anilines is 5. The van der Waals surface area contributed by atoms with E-state index in [2.05, 4.69) is 27.2 Å². The number of carbonyl (C=O) groups excluding carboxylic acids is 1. The largest absolute Gasteiger partial charge is 0.338 e. The van der Waals surface area contributed by atoms with Crippen LogP contribution in [0.15, 0.2) is 61.3 Å². The zero-order chi connectivity index (χ0) is 22.3. The third-order valence-corrected chi connectivity index (χ3v) is 6.39. The van der Waals surface area contributed by atoms with Gasteiger partial charge in [0.2, 0.25) is 11.9 Å². The van der Waals surface area contributed by atoms with Crippen molar-refractivity contribution in [2.75, 3.05) is 22.1 Å².